The SMILES string of the molecule is NC(=O)CC[C@H](N)C(=O)N[C@H](CS)C(=O)O. The van der Waals surface area contributed by atoms with Crippen LogP contribution in [0.1, 0.15) is 12.8 Å². The summed E-state index contributed by atoms with van der Waals surface area (Å²) >= 11 is 3.77. The van der Waals surface area contributed by atoms with E-state index in [0.29, 0.717) is 0 Å². The molecule has 2 atom stereocenters. The first-order chi connectivity index (χ1) is 7.38. The molecule has 0 aromatic rings. The Hall–Kier alpha value is -1.28. The van der Waals surface area contributed by atoms with Gasteiger partial charge in [-0.25, -0.2) is 4.79 Å². The maximum Gasteiger partial charge on any atom is 0.327 e. The minimum Gasteiger partial charge on any atom is -0.480 e. The van der Waals surface area contributed by atoms with E-state index in [0.717, 1.165) is 0 Å². The van der Waals surface area contributed by atoms with Crippen molar-refractivity contribution in [3.8, 4) is 0 Å². The highest BCUT2D eigenvalue weighted by Crippen LogP contribution is 1.96. The molecule has 0 spiro atoms. The largest absolute Gasteiger partial charge is 0.480 e. The summed E-state index contributed by atoms with van der Waals surface area (Å²) in [6.45, 7) is 0. The number of amides is 2. The van der Waals surface area contributed by atoms with Crippen molar-refractivity contribution in [2.24, 2.45) is 11.5 Å². The lowest BCUT2D eigenvalue weighted by atomic mass is 10.1. The standard InChI is InChI=1S/C8H15N3O4S/c9-4(1-2-6(10)12)7(13)11-5(3-16)8(14)15/h4-5,16H,1-3,9H2,(H2,10,12)(H,11,13)(H,14,15)/t4-,5+/m0/s1. The summed E-state index contributed by atoms with van der Waals surface area (Å²) in [6.07, 6.45) is 0.0628. The average molecular weight is 249 g/mol. The molecule has 0 aromatic carbocycles. The van der Waals surface area contributed by atoms with Crippen LogP contribution in [0.25, 0.3) is 0 Å². The van der Waals surface area contributed by atoms with Crippen LogP contribution >= 0.6 is 12.6 Å². The first-order valence-electron chi connectivity index (χ1n) is 4.56. The molecular weight excluding hydrogens is 234 g/mol. The Balaban J connectivity index is 4.13. The second kappa shape index (κ2) is 7.07. The van der Waals surface area contributed by atoms with Crippen LogP contribution < -0.4 is 16.8 Å². The van der Waals surface area contributed by atoms with Crippen molar-refractivity contribution in [1.29, 1.82) is 0 Å². The van der Waals surface area contributed by atoms with Crippen LogP contribution in [0, 0.1) is 0 Å². The highest BCUT2D eigenvalue weighted by atomic mass is 32.1. The molecule has 0 aliphatic carbocycles. The zero-order chi connectivity index (χ0) is 12.7. The van der Waals surface area contributed by atoms with Gasteiger partial charge in [-0.3, -0.25) is 9.59 Å². The summed E-state index contributed by atoms with van der Waals surface area (Å²) in [5, 5.41) is 10.8. The monoisotopic (exact) mass is 249 g/mol. The minimum atomic E-state index is -1.19. The molecular formula is C8H15N3O4S. The minimum absolute atomic E-state index is 0.0206. The fraction of sp³-hybridized carbons (Fsp3) is 0.625. The van der Waals surface area contributed by atoms with Gasteiger partial charge in [0.15, 0.2) is 0 Å². The van der Waals surface area contributed by atoms with E-state index in [-0.39, 0.29) is 18.6 Å². The smallest absolute Gasteiger partial charge is 0.327 e. The zero-order valence-electron chi connectivity index (χ0n) is 8.55. The lowest BCUT2D eigenvalue weighted by Crippen LogP contribution is -2.49. The number of rotatable bonds is 7. The number of carboxylic acid groups (broad SMARTS) is 1. The Morgan fingerprint density at radius 3 is 2.31 bits per heavy atom. The Morgan fingerprint density at radius 1 is 1.38 bits per heavy atom. The number of nitrogens with one attached hydrogen (secondary N) is 1. The topological polar surface area (TPSA) is 136 Å². The number of primary amides is 1. The average Bonchev–Trinajstić information content (AvgIpc) is 2.21. The fourth-order valence-corrected chi connectivity index (χ4v) is 1.14. The first kappa shape index (κ1) is 14.7. The molecule has 0 radical (unpaired) electrons. The number of hydrogen-bond acceptors (Lipinski definition) is 5. The molecule has 0 aromatic heterocycles. The van der Waals surface area contributed by atoms with Crippen LogP contribution in [-0.4, -0.2) is 40.7 Å². The van der Waals surface area contributed by atoms with Gasteiger partial charge in [-0.2, -0.15) is 12.6 Å². The molecule has 0 saturated carbocycles. The van der Waals surface area contributed by atoms with Crippen molar-refractivity contribution in [2.75, 3.05) is 5.75 Å². The van der Waals surface area contributed by atoms with E-state index < -0.39 is 29.9 Å². The van der Waals surface area contributed by atoms with Gasteiger partial charge in [-0.1, -0.05) is 0 Å². The Labute approximate surface area is 98.0 Å². The van der Waals surface area contributed by atoms with Gasteiger partial charge in [0.25, 0.3) is 0 Å². The van der Waals surface area contributed by atoms with E-state index in [1.807, 2.05) is 0 Å². The van der Waals surface area contributed by atoms with Gasteiger partial charge in [-0.15, -0.1) is 0 Å². The van der Waals surface area contributed by atoms with Gasteiger partial charge in [0.05, 0.1) is 6.04 Å². The Kier molecular flexibility index (Phi) is 6.50. The molecule has 7 nitrogen and oxygen atoms in total. The lowest BCUT2D eigenvalue weighted by molar-refractivity contribution is -0.141. The van der Waals surface area contributed by atoms with Crippen molar-refractivity contribution < 1.29 is 19.5 Å². The number of carbonyl (C=O) groups is 3. The number of carboxylic acids is 1. The maximum atomic E-state index is 11.3. The van der Waals surface area contributed by atoms with E-state index in [1.165, 1.54) is 0 Å². The molecule has 0 rings (SSSR count). The number of hydrogen-bond donors (Lipinski definition) is 5. The summed E-state index contributed by atoms with van der Waals surface area (Å²) in [5.74, 6) is -2.43. The number of carbonyl (C=O) groups excluding carboxylic acids is 2. The Morgan fingerprint density at radius 2 is 1.94 bits per heavy atom. The van der Waals surface area contributed by atoms with Gasteiger partial charge in [0, 0.05) is 12.2 Å². The van der Waals surface area contributed by atoms with Crippen LogP contribution in [0.3, 0.4) is 0 Å². The molecule has 6 N–H and O–H groups in total. The van der Waals surface area contributed by atoms with Gasteiger partial charge < -0.3 is 21.9 Å². The van der Waals surface area contributed by atoms with E-state index in [9.17, 15) is 14.4 Å². The third-order valence-corrected chi connectivity index (χ3v) is 2.20. The van der Waals surface area contributed by atoms with E-state index in [1.54, 1.807) is 0 Å². The van der Waals surface area contributed by atoms with Crippen LogP contribution in [-0.2, 0) is 14.4 Å². The maximum absolute atomic E-state index is 11.3. The summed E-state index contributed by atoms with van der Waals surface area (Å²) in [4.78, 5) is 32.4. The van der Waals surface area contributed by atoms with E-state index >= 15 is 0 Å². The molecule has 2 amide bonds. The lowest BCUT2D eigenvalue weighted by Gasteiger charge is -2.15. The first-order valence-corrected chi connectivity index (χ1v) is 5.19. The molecule has 0 fully saturated rings. The van der Waals surface area contributed by atoms with Crippen LogP contribution in [0.5, 0.6) is 0 Å². The van der Waals surface area contributed by atoms with Crippen molar-refractivity contribution >= 4 is 30.4 Å². The van der Waals surface area contributed by atoms with Crippen molar-refractivity contribution in [3.63, 3.8) is 0 Å². The molecule has 92 valence electrons. The molecule has 0 aliphatic heterocycles. The molecule has 0 bridgehead atoms. The molecule has 16 heavy (non-hydrogen) atoms. The zero-order valence-corrected chi connectivity index (χ0v) is 9.44. The molecule has 0 heterocycles. The summed E-state index contributed by atoms with van der Waals surface area (Å²) < 4.78 is 0. The summed E-state index contributed by atoms with van der Waals surface area (Å²) in [7, 11) is 0. The van der Waals surface area contributed by atoms with Crippen molar-refractivity contribution in [1.82, 2.24) is 5.32 Å². The summed E-state index contributed by atoms with van der Waals surface area (Å²) in [6, 6.07) is -2.04. The van der Waals surface area contributed by atoms with E-state index in [4.69, 9.17) is 16.6 Å². The quantitative estimate of drug-likeness (QED) is 0.335. The number of thiol groups is 1. The van der Waals surface area contributed by atoms with Crippen molar-refractivity contribution in [2.45, 2.75) is 24.9 Å². The highest BCUT2D eigenvalue weighted by molar-refractivity contribution is 7.80. The van der Waals surface area contributed by atoms with Crippen LogP contribution in [0.15, 0.2) is 0 Å². The molecule has 8 heteroatoms. The third-order valence-electron chi connectivity index (χ3n) is 1.84. The number of aliphatic carboxylic acids is 1. The normalized spacial score (nSPS) is 13.9. The third kappa shape index (κ3) is 5.56. The number of nitrogens with two attached hydrogens (primary N) is 2. The molecule has 0 unspecified atom stereocenters. The van der Waals surface area contributed by atoms with Gasteiger partial charge in [0.2, 0.25) is 11.8 Å². The van der Waals surface area contributed by atoms with Crippen LogP contribution in [0.4, 0.5) is 0 Å². The highest BCUT2D eigenvalue weighted by Gasteiger charge is 2.21. The van der Waals surface area contributed by atoms with E-state index in [2.05, 4.69) is 17.9 Å². The fourth-order valence-electron chi connectivity index (χ4n) is 0.893. The van der Waals surface area contributed by atoms with Crippen LogP contribution in [0.2, 0.25) is 0 Å². The second-order valence-electron chi connectivity index (χ2n) is 3.19. The second-order valence-corrected chi connectivity index (χ2v) is 3.56. The van der Waals surface area contributed by atoms with Crippen molar-refractivity contribution in [3.05, 3.63) is 0 Å². The van der Waals surface area contributed by atoms with Gasteiger partial charge in [0.1, 0.15) is 6.04 Å². The van der Waals surface area contributed by atoms with Gasteiger partial charge >= 0.3 is 5.97 Å². The molecule has 0 aliphatic rings. The predicted octanol–water partition coefficient (Wildman–Crippen LogP) is -1.92. The summed E-state index contributed by atoms with van der Waals surface area (Å²) in [5.41, 5.74) is 10.3. The van der Waals surface area contributed by atoms with Gasteiger partial charge in [-0.05, 0) is 6.42 Å². The predicted molar refractivity (Wildman–Crippen MR) is 59.8 cm³/mol. The molecule has 0 saturated heterocycles. The Bertz CT molecular complexity index is 284.